The molecule has 0 aromatic heterocycles. The summed E-state index contributed by atoms with van der Waals surface area (Å²) < 4.78 is 27.0. The highest BCUT2D eigenvalue weighted by molar-refractivity contribution is 7.81. The molecule has 2 heterocycles. The van der Waals surface area contributed by atoms with E-state index in [-0.39, 0.29) is 59.0 Å². The van der Waals surface area contributed by atoms with E-state index in [0.29, 0.717) is 38.6 Å². The zero-order chi connectivity index (χ0) is 33.9. The summed E-state index contributed by atoms with van der Waals surface area (Å²) in [6, 6.07) is -1.02. The van der Waals surface area contributed by atoms with Gasteiger partial charge < -0.3 is 29.4 Å². The lowest BCUT2D eigenvalue weighted by Gasteiger charge is -2.38. The fourth-order valence-electron chi connectivity index (χ4n) is 8.53. The van der Waals surface area contributed by atoms with Crippen molar-refractivity contribution in [2.75, 3.05) is 34.2 Å². The Balaban J connectivity index is 1.05. The third kappa shape index (κ3) is 5.19. The molecule has 16 heteroatoms. The first kappa shape index (κ1) is 33.0. The fraction of sp³-hybridized carbons (Fsp3) is 0.645. The number of hydrogen-bond donors (Lipinski definition) is 2. The zero-order valence-electron chi connectivity index (χ0n) is 26.2. The summed E-state index contributed by atoms with van der Waals surface area (Å²) in [4.78, 5) is 91.5. The van der Waals surface area contributed by atoms with Crippen molar-refractivity contribution in [1.29, 1.82) is 0 Å². The maximum absolute atomic E-state index is 13.5. The number of hydrogen-bond acceptors (Lipinski definition) is 13. The number of primary amides is 1. The second-order valence-electron chi connectivity index (χ2n) is 12.9. The Bertz CT molecular complexity index is 1520. The van der Waals surface area contributed by atoms with E-state index in [4.69, 9.17) is 29.4 Å². The molecule has 0 bridgehead atoms. The Hall–Kier alpha value is -3.92. The number of carbonyl (C=O) groups is 7. The minimum Gasteiger partial charge on any atom is -0.492 e. The molecule has 0 aromatic carbocycles. The van der Waals surface area contributed by atoms with Gasteiger partial charge in [-0.05, 0) is 44.9 Å². The first-order valence-electron chi connectivity index (χ1n) is 15.6. The minimum absolute atomic E-state index is 0.0849. The van der Waals surface area contributed by atoms with Gasteiger partial charge in [0.1, 0.15) is 12.2 Å². The van der Waals surface area contributed by atoms with Crippen LogP contribution in [-0.4, -0.2) is 108 Å². The quantitative estimate of drug-likeness (QED) is 0.0881. The molecule has 6 rings (SSSR count). The number of ketones is 2. The van der Waals surface area contributed by atoms with E-state index in [1.165, 1.54) is 30.9 Å². The Morgan fingerprint density at radius 2 is 1.68 bits per heavy atom. The number of carbonyl (C=O) groups excluding carboxylic acids is 7. The summed E-state index contributed by atoms with van der Waals surface area (Å²) in [6.45, 7) is 0.848. The molecule has 0 radical (unpaired) electrons. The lowest BCUT2D eigenvalue weighted by Crippen LogP contribution is -2.51. The maximum atomic E-state index is 13.5. The molecule has 4 fully saturated rings. The molecule has 2 aliphatic heterocycles. The number of Topliss-reactive ketones (excluding diaryl/α,β-unsaturated/α-hetero) is 2. The van der Waals surface area contributed by atoms with Crippen LogP contribution in [0.15, 0.2) is 22.5 Å². The third-order valence-electron chi connectivity index (χ3n) is 10.7. The summed E-state index contributed by atoms with van der Waals surface area (Å²) >= 11 is 4.15. The van der Waals surface area contributed by atoms with Crippen LogP contribution in [0.25, 0.3) is 0 Å². The van der Waals surface area contributed by atoms with Crippen LogP contribution >= 0.6 is 12.6 Å². The third-order valence-corrected chi connectivity index (χ3v) is 11.1. The summed E-state index contributed by atoms with van der Waals surface area (Å²) in [5.74, 6) is -3.82. The van der Waals surface area contributed by atoms with E-state index in [1.54, 1.807) is 0 Å². The van der Waals surface area contributed by atoms with Gasteiger partial charge in [0.25, 0.3) is 0 Å². The Kier molecular flexibility index (Phi) is 8.61. The summed E-state index contributed by atoms with van der Waals surface area (Å²) in [7, 11) is 2.70. The number of nitrogens with zero attached hydrogens (tertiary/aromatic N) is 2. The molecule has 2 saturated heterocycles. The number of ether oxygens (including phenoxy) is 5. The van der Waals surface area contributed by atoms with Crippen molar-refractivity contribution in [2.45, 2.75) is 68.4 Å². The molecule has 0 aromatic rings. The SMILES string of the molecule is COC1=C(C)C(=O)C2=C(C1=O)[C@@H](COC(N)=O)[C@]1(OC)C2C[C@H]2[C@@H]1N2C(=O)OCOC(=O)C1CCC(CN2C(=O)CC(S)C2=O)CC1. The second kappa shape index (κ2) is 12.3. The number of likely N-dealkylation sites (tertiary alicyclic amines) is 2. The van der Waals surface area contributed by atoms with Gasteiger partial charge in [0.15, 0.2) is 11.5 Å². The van der Waals surface area contributed by atoms with E-state index in [0.717, 1.165) is 0 Å². The number of amides is 4. The average Bonchev–Trinajstić information content (AvgIpc) is 3.45. The first-order valence-corrected chi connectivity index (χ1v) is 16.1. The predicted octanol–water partition coefficient (Wildman–Crippen LogP) is 1.04. The molecule has 47 heavy (non-hydrogen) atoms. The smallest absolute Gasteiger partial charge is 0.413 e. The molecule has 2 N–H and O–H groups in total. The van der Waals surface area contributed by atoms with Crippen molar-refractivity contribution in [1.82, 2.24) is 9.80 Å². The van der Waals surface area contributed by atoms with Crippen LogP contribution in [-0.2, 0) is 47.7 Å². The Morgan fingerprint density at radius 1 is 0.979 bits per heavy atom. The molecule has 2 unspecified atom stereocenters. The summed E-state index contributed by atoms with van der Waals surface area (Å²) in [6.07, 6.45) is 0.840. The largest absolute Gasteiger partial charge is 0.492 e. The van der Waals surface area contributed by atoms with Crippen molar-refractivity contribution in [3.05, 3.63) is 22.5 Å². The topological polar surface area (TPSA) is 198 Å². The molecular formula is C31H37N3O12S. The number of piperidine rings is 1. The molecule has 4 amide bonds. The highest BCUT2D eigenvalue weighted by atomic mass is 32.1. The van der Waals surface area contributed by atoms with Gasteiger partial charge in [0.2, 0.25) is 24.4 Å². The second-order valence-corrected chi connectivity index (χ2v) is 13.5. The van der Waals surface area contributed by atoms with E-state index < -0.39 is 71.4 Å². The Labute approximate surface area is 275 Å². The van der Waals surface area contributed by atoms with Crippen LogP contribution in [0.4, 0.5) is 9.59 Å². The number of methoxy groups -OCH3 is 2. The van der Waals surface area contributed by atoms with Crippen molar-refractivity contribution in [3.63, 3.8) is 0 Å². The van der Waals surface area contributed by atoms with Crippen molar-refractivity contribution < 1.29 is 57.2 Å². The van der Waals surface area contributed by atoms with Gasteiger partial charge in [0, 0.05) is 42.7 Å². The number of nitrogens with two attached hydrogens (primary N) is 1. The van der Waals surface area contributed by atoms with Gasteiger partial charge in [-0.2, -0.15) is 12.6 Å². The van der Waals surface area contributed by atoms with Gasteiger partial charge in [-0.3, -0.25) is 33.8 Å². The monoisotopic (exact) mass is 675 g/mol. The van der Waals surface area contributed by atoms with Gasteiger partial charge >= 0.3 is 18.2 Å². The normalized spacial score (nSPS) is 34.3. The number of esters is 1. The van der Waals surface area contributed by atoms with Crippen LogP contribution in [0.1, 0.15) is 45.4 Å². The molecule has 4 aliphatic carbocycles. The molecule has 6 atom stereocenters. The highest BCUT2D eigenvalue weighted by Crippen LogP contribution is 2.65. The molecule has 6 aliphatic rings. The fourth-order valence-corrected chi connectivity index (χ4v) is 8.83. The Morgan fingerprint density at radius 3 is 2.28 bits per heavy atom. The van der Waals surface area contributed by atoms with Gasteiger partial charge in [0.05, 0.1) is 36.3 Å². The van der Waals surface area contributed by atoms with Crippen LogP contribution < -0.4 is 5.73 Å². The van der Waals surface area contributed by atoms with Crippen molar-refractivity contribution >= 4 is 54.2 Å². The number of fused-ring (bicyclic) bond motifs is 4. The number of allylic oxidation sites excluding steroid dienone is 2. The van der Waals surface area contributed by atoms with Gasteiger partial charge in [-0.15, -0.1) is 0 Å². The zero-order valence-corrected chi connectivity index (χ0v) is 27.1. The molecule has 2 saturated carbocycles. The van der Waals surface area contributed by atoms with E-state index >= 15 is 0 Å². The summed E-state index contributed by atoms with van der Waals surface area (Å²) in [5, 5.41) is -0.596. The first-order chi connectivity index (χ1) is 22.4. The predicted molar refractivity (Wildman–Crippen MR) is 160 cm³/mol. The lowest BCUT2D eigenvalue weighted by atomic mass is 9.80. The van der Waals surface area contributed by atoms with E-state index in [1.807, 2.05) is 0 Å². The maximum Gasteiger partial charge on any atom is 0.413 e. The van der Waals surface area contributed by atoms with Crippen LogP contribution in [0, 0.1) is 23.7 Å². The standard InChI is InChI=1S/C31H37N3O12S/c1-13-23(36)21-16-8-18-26(31(16,43-3)17(11-44-29(32)40)22(21)24(37)25(13)42-2)34(18)30(41)46-12-45-28(39)15-6-4-14(5-7-15)10-33-20(35)9-19(47)27(33)38/h14-19,26,47H,4-12H2,1-3H3,(H2,32,40)/t14?,15?,16?,17-,18+,19?,26+,31-,34?/m1/s1. The molecule has 15 nitrogen and oxygen atoms in total. The van der Waals surface area contributed by atoms with Crippen LogP contribution in [0.5, 0.6) is 0 Å². The van der Waals surface area contributed by atoms with E-state index in [9.17, 15) is 33.6 Å². The lowest BCUT2D eigenvalue weighted by molar-refractivity contribution is -0.159. The van der Waals surface area contributed by atoms with Crippen LogP contribution in [0.3, 0.4) is 0 Å². The van der Waals surface area contributed by atoms with Crippen molar-refractivity contribution in [3.8, 4) is 0 Å². The van der Waals surface area contributed by atoms with Crippen molar-refractivity contribution in [2.24, 2.45) is 29.4 Å². The molecule has 0 spiro atoms. The number of thiol groups is 1. The molecular weight excluding hydrogens is 638 g/mol. The van der Waals surface area contributed by atoms with Gasteiger partial charge in [-0.1, -0.05) is 0 Å². The van der Waals surface area contributed by atoms with Gasteiger partial charge in [-0.25, -0.2) is 9.59 Å². The average molecular weight is 676 g/mol. The molecule has 254 valence electrons. The number of rotatable bonds is 9. The minimum atomic E-state index is -1.29. The summed E-state index contributed by atoms with van der Waals surface area (Å²) in [5.41, 5.74) is 4.51. The van der Waals surface area contributed by atoms with E-state index in [2.05, 4.69) is 12.6 Å². The highest BCUT2D eigenvalue weighted by Gasteiger charge is 2.78. The number of imide groups is 1. The van der Waals surface area contributed by atoms with Crippen LogP contribution in [0.2, 0.25) is 0 Å².